The molecule has 0 aliphatic carbocycles. The van der Waals surface area contributed by atoms with Gasteiger partial charge in [-0.05, 0) is 30.3 Å². The molecule has 0 atom stereocenters. The van der Waals surface area contributed by atoms with Gasteiger partial charge < -0.3 is 20.4 Å². The van der Waals surface area contributed by atoms with Gasteiger partial charge in [0, 0.05) is 43.3 Å². The molecule has 14 heteroatoms. The van der Waals surface area contributed by atoms with Crippen LogP contribution in [0.1, 0.15) is 0 Å². The maximum Gasteiger partial charge on any atom is 0.490 e. The zero-order valence-electron chi connectivity index (χ0n) is 18.3. The number of nitrogens with one attached hydrogen (secondary N) is 1. The van der Waals surface area contributed by atoms with Gasteiger partial charge in [-0.3, -0.25) is 4.98 Å². The number of fused-ring (bicyclic) bond motifs is 1. The minimum absolute atomic E-state index is 1.01. The highest BCUT2D eigenvalue weighted by atomic mass is 19.4. The molecule has 4 rings (SSSR count). The molecule has 0 bridgehead atoms. The van der Waals surface area contributed by atoms with Crippen LogP contribution < -0.4 is 10.2 Å². The van der Waals surface area contributed by atoms with E-state index in [1.807, 2.05) is 12.3 Å². The van der Waals surface area contributed by atoms with Gasteiger partial charge >= 0.3 is 24.3 Å². The number of carboxylic acids is 2. The summed E-state index contributed by atoms with van der Waals surface area (Å²) in [7, 11) is 0. The summed E-state index contributed by atoms with van der Waals surface area (Å²) < 4.78 is 63.5. The maximum absolute atomic E-state index is 10.6. The number of nitrogens with zero attached hydrogens (tertiary/aromatic N) is 3. The highest BCUT2D eigenvalue weighted by molar-refractivity contribution is 5.83. The summed E-state index contributed by atoms with van der Waals surface area (Å²) in [4.78, 5) is 29.4. The Bertz CT molecular complexity index is 1160. The highest BCUT2D eigenvalue weighted by Gasteiger charge is 2.38. The van der Waals surface area contributed by atoms with Gasteiger partial charge in [-0.15, -0.1) is 0 Å². The van der Waals surface area contributed by atoms with Crippen molar-refractivity contribution in [2.45, 2.75) is 12.4 Å². The van der Waals surface area contributed by atoms with Gasteiger partial charge in [0.1, 0.15) is 5.82 Å². The summed E-state index contributed by atoms with van der Waals surface area (Å²) >= 11 is 0. The molecule has 36 heavy (non-hydrogen) atoms. The number of carboxylic acid groups (broad SMARTS) is 2. The molecule has 8 nitrogen and oxygen atoms in total. The van der Waals surface area contributed by atoms with E-state index in [0.29, 0.717) is 0 Å². The van der Waals surface area contributed by atoms with Crippen LogP contribution in [0.3, 0.4) is 0 Å². The number of aromatic nitrogens is 2. The first-order valence-corrected chi connectivity index (χ1v) is 10.2. The zero-order valence-corrected chi connectivity index (χ0v) is 18.3. The molecular weight excluding hydrogens is 498 g/mol. The number of halogens is 6. The summed E-state index contributed by atoms with van der Waals surface area (Å²) in [6, 6.07) is 16.6. The molecule has 2 aromatic heterocycles. The Kier molecular flexibility index (Phi) is 9.55. The molecule has 1 saturated heterocycles. The fraction of sp³-hybridized carbons (Fsp3) is 0.273. The van der Waals surface area contributed by atoms with E-state index >= 15 is 0 Å². The molecule has 3 heterocycles. The molecule has 1 aliphatic heterocycles. The van der Waals surface area contributed by atoms with E-state index in [1.54, 1.807) is 0 Å². The van der Waals surface area contributed by atoms with Crippen LogP contribution in [-0.4, -0.2) is 70.7 Å². The molecule has 1 aliphatic rings. The minimum atomic E-state index is -5.08. The highest BCUT2D eigenvalue weighted by Crippen LogP contribution is 2.24. The Labute approximate surface area is 200 Å². The molecule has 1 aromatic carbocycles. The van der Waals surface area contributed by atoms with Crippen molar-refractivity contribution in [1.82, 2.24) is 15.3 Å². The largest absolute Gasteiger partial charge is 0.490 e. The third-order valence-electron chi connectivity index (χ3n) is 4.56. The molecule has 3 N–H and O–H groups in total. The monoisotopic (exact) mass is 518 g/mol. The molecule has 0 radical (unpaired) electrons. The Morgan fingerprint density at radius 1 is 0.861 bits per heavy atom. The predicted molar refractivity (Wildman–Crippen MR) is 117 cm³/mol. The number of benzene rings is 1. The summed E-state index contributed by atoms with van der Waals surface area (Å²) in [5.41, 5.74) is 3.17. The number of hydrogen-bond donors (Lipinski definition) is 3. The first kappa shape index (κ1) is 28.3. The van der Waals surface area contributed by atoms with E-state index in [1.165, 1.54) is 0 Å². The van der Waals surface area contributed by atoms with Crippen LogP contribution >= 0.6 is 0 Å². The van der Waals surface area contributed by atoms with E-state index in [2.05, 4.69) is 57.7 Å². The van der Waals surface area contributed by atoms with Gasteiger partial charge in [0.05, 0.1) is 11.2 Å². The van der Waals surface area contributed by atoms with Crippen LogP contribution in [0, 0.1) is 0 Å². The van der Waals surface area contributed by atoms with Gasteiger partial charge in [0.15, 0.2) is 0 Å². The van der Waals surface area contributed by atoms with Crippen molar-refractivity contribution in [1.29, 1.82) is 0 Å². The molecule has 3 aromatic rings. The van der Waals surface area contributed by atoms with Gasteiger partial charge in [0.25, 0.3) is 0 Å². The lowest BCUT2D eigenvalue weighted by molar-refractivity contribution is -0.193. The quantitative estimate of drug-likeness (QED) is 0.437. The fourth-order valence-electron chi connectivity index (χ4n) is 2.89. The number of alkyl halides is 6. The van der Waals surface area contributed by atoms with Gasteiger partial charge in [0.2, 0.25) is 0 Å². The smallest absolute Gasteiger partial charge is 0.475 e. The summed E-state index contributed by atoms with van der Waals surface area (Å²) in [5.74, 6) is -4.45. The molecule has 194 valence electrons. The normalized spacial score (nSPS) is 13.7. The maximum atomic E-state index is 10.6. The number of rotatable bonds is 2. The molecular formula is C22H20F6N4O4. The van der Waals surface area contributed by atoms with Crippen molar-refractivity contribution in [3.05, 3.63) is 54.7 Å². The molecule has 1 fully saturated rings. The molecule has 0 amide bonds. The predicted octanol–water partition coefficient (Wildman–Crippen LogP) is 3.97. The van der Waals surface area contributed by atoms with Crippen LogP contribution in [0.5, 0.6) is 0 Å². The molecule has 0 spiro atoms. The Morgan fingerprint density at radius 3 is 2.00 bits per heavy atom. The van der Waals surface area contributed by atoms with E-state index < -0.39 is 24.3 Å². The number of anilines is 1. The van der Waals surface area contributed by atoms with Crippen LogP contribution in [0.25, 0.3) is 22.2 Å². The van der Waals surface area contributed by atoms with Crippen molar-refractivity contribution in [2.75, 3.05) is 31.1 Å². The number of aliphatic carboxylic acids is 2. The lowest BCUT2D eigenvalue weighted by Crippen LogP contribution is -2.43. The van der Waals surface area contributed by atoms with Gasteiger partial charge in [-0.25, -0.2) is 14.6 Å². The third kappa shape index (κ3) is 8.69. The average Bonchev–Trinajstić information content (AvgIpc) is 2.84. The second-order valence-electron chi connectivity index (χ2n) is 7.13. The summed E-state index contributed by atoms with van der Waals surface area (Å²) in [6.07, 6.45) is -8.34. The Hall–Kier alpha value is -3.94. The van der Waals surface area contributed by atoms with Gasteiger partial charge in [-0.1, -0.05) is 18.2 Å². The van der Waals surface area contributed by atoms with E-state index in [9.17, 15) is 26.3 Å². The topological polar surface area (TPSA) is 116 Å². The Balaban J connectivity index is 0.000000271. The van der Waals surface area contributed by atoms with Gasteiger partial charge in [-0.2, -0.15) is 26.3 Å². The Morgan fingerprint density at radius 2 is 1.44 bits per heavy atom. The van der Waals surface area contributed by atoms with Crippen LogP contribution in [0.15, 0.2) is 54.7 Å². The number of piperazine rings is 1. The van der Waals surface area contributed by atoms with E-state index in [0.717, 1.165) is 54.2 Å². The number of hydrogen-bond acceptors (Lipinski definition) is 6. The van der Waals surface area contributed by atoms with Crippen molar-refractivity contribution < 1.29 is 46.1 Å². The fourth-order valence-corrected chi connectivity index (χ4v) is 2.89. The van der Waals surface area contributed by atoms with E-state index in [4.69, 9.17) is 24.8 Å². The van der Waals surface area contributed by atoms with Crippen LogP contribution in [0.2, 0.25) is 0 Å². The second kappa shape index (κ2) is 12.2. The summed E-state index contributed by atoms with van der Waals surface area (Å²) in [6.45, 7) is 4.07. The molecule has 0 unspecified atom stereocenters. The lowest BCUT2D eigenvalue weighted by Gasteiger charge is -2.28. The first-order chi connectivity index (χ1) is 16.8. The van der Waals surface area contributed by atoms with Crippen LogP contribution in [0.4, 0.5) is 32.2 Å². The SMILES string of the molecule is O=C(O)C(F)(F)F.O=C(O)C(F)(F)F.c1cc(-c2ccc3ncccc3c2)nc(N2CCNCC2)c1. The zero-order chi connectivity index (χ0) is 26.9. The average molecular weight is 518 g/mol. The van der Waals surface area contributed by atoms with Crippen molar-refractivity contribution in [2.24, 2.45) is 0 Å². The lowest BCUT2D eigenvalue weighted by atomic mass is 10.1. The summed E-state index contributed by atoms with van der Waals surface area (Å²) in [5, 5.41) is 18.8. The number of carbonyl (C=O) groups is 2. The molecule has 0 saturated carbocycles. The van der Waals surface area contributed by atoms with Crippen molar-refractivity contribution in [3.8, 4) is 11.3 Å². The minimum Gasteiger partial charge on any atom is -0.475 e. The van der Waals surface area contributed by atoms with Crippen molar-refractivity contribution >= 4 is 28.7 Å². The van der Waals surface area contributed by atoms with E-state index in [-0.39, 0.29) is 0 Å². The van der Waals surface area contributed by atoms with Crippen molar-refractivity contribution in [3.63, 3.8) is 0 Å². The first-order valence-electron chi connectivity index (χ1n) is 10.2. The number of pyridine rings is 2. The third-order valence-corrected chi connectivity index (χ3v) is 4.56. The standard InChI is InChI=1S/C18H18N4.2C2HF3O2/c1-4-17(21-18(5-1)22-11-9-19-10-12-22)15-6-7-16-14(13-15)3-2-8-20-16;2*3-2(4,5)1(6)7/h1-8,13,19H,9-12H2;2*(H,6,7). The van der Waals surface area contributed by atoms with Crippen LogP contribution in [-0.2, 0) is 9.59 Å². The second-order valence-corrected chi connectivity index (χ2v) is 7.13.